The number of nitrogens with one attached hydrogen (secondary N) is 1. The first-order valence-corrected chi connectivity index (χ1v) is 11.2. The quantitative estimate of drug-likeness (QED) is 0.275. The molecule has 0 aliphatic rings. The molecule has 240 valence electrons. The van der Waals surface area contributed by atoms with E-state index in [1.54, 1.807) is 0 Å². The summed E-state index contributed by atoms with van der Waals surface area (Å²) in [5.41, 5.74) is -17.1. The predicted molar refractivity (Wildman–Crippen MR) is 123 cm³/mol. The first kappa shape index (κ1) is 36.1. The maximum atomic E-state index is 15.2. The Hall–Kier alpha value is -4.07. The van der Waals surface area contributed by atoms with Gasteiger partial charge in [-0.25, -0.2) is 8.78 Å². The molecular formula is C23H14BF14N3O3. The van der Waals surface area contributed by atoms with E-state index in [1.807, 2.05) is 0 Å². The van der Waals surface area contributed by atoms with Gasteiger partial charge in [-0.15, -0.1) is 0 Å². The van der Waals surface area contributed by atoms with Gasteiger partial charge in [0.2, 0.25) is 0 Å². The average molecular weight is 657 g/mol. The lowest BCUT2D eigenvalue weighted by Crippen LogP contribution is -2.51. The van der Waals surface area contributed by atoms with Crippen molar-refractivity contribution in [2.24, 2.45) is 0 Å². The Kier molecular flexibility index (Phi) is 9.68. The van der Waals surface area contributed by atoms with Crippen molar-refractivity contribution in [1.82, 2.24) is 4.90 Å². The Morgan fingerprint density at radius 3 is 1.80 bits per heavy atom. The van der Waals surface area contributed by atoms with E-state index in [1.165, 1.54) is 5.32 Å². The van der Waals surface area contributed by atoms with Crippen molar-refractivity contribution in [2.75, 3.05) is 30.9 Å². The maximum absolute atomic E-state index is 15.2. The molecule has 2 radical (unpaired) electrons. The van der Waals surface area contributed by atoms with Crippen LogP contribution in [0.3, 0.4) is 0 Å². The van der Waals surface area contributed by atoms with Gasteiger partial charge >= 0.3 is 42.2 Å². The van der Waals surface area contributed by atoms with Crippen molar-refractivity contribution in [1.29, 1.82) is 0 Å². The highest BCUT2D eigenvalue weighted by Crippen LogP contribution is 2.54. The van der Waals surface area contributed by atoms with Gasteiger partial charge in [-0.05, 0) is 18.2 Å². The Bertz CT molecular complexity index is 1440. The molecule has 6 nitrogen and oxygen atoms in total. The average Bonchev–Trinajstić information content (AvgIpc) is 2.84. The van der Waals surface area contributed by atoms with Crippen LogP contribution in [0.5, 0.6) is 0 Å². The molecular weight excluding hydrogens is 643 g/mol. The van der Waals surface area contributed by atoms with Gasteiger partial charge < -0.3 is 15.1 Å². The normalized spacial score (nSPS) is 13.0. The van der Waals surface area contributed by atoms with Crippen LogP contribution < -0.4 is 15.7 Å². The fourth-order valence-corrected chi connectivity index (χ4v) is 3.61. The van der Waals surface area contributed by atoms with E-state index in [4.69, 9.17) is 7.85 Å². The Morgan fingerprint density at radius 2 is 1.34 bits per heavy atom. The number of carbonyl (C=O) groups excluding carboxylic acids is 3. The molecule has 0 bridgehead atoms. The van der Waals surface area contributed by atoms with Crippen molar-refractivity contribution in [3.63, 3.8) is 0 Å². The third kappa shape index (κ3) is 7.17. The van der Waals surface area contributed by atoms with Crippen LogP contribution in [0.15, 0.2) is 30.3 Å². The lowest BCUT2D eigenvalue weighted by atomic mass is 9.83. The summed E-state index contributed by atoms with van der Waals surface area (Å²) in [5, 5.41) is 1.35. The van der Waals surface area contributed by atoms with E-state index in [0.717, 1.165) is 6.07 Å². The van der Waals surface area contributed by atoms with Crippen molar-refractivity contribution < 1.29 is 75.8 Å². The molecule has 2 rings (SSSR count). The fraction of sp³-hybridized carbons (Fsp3) is 0.348. The van der Waals surface area contributed by atoms with Gasteiger partial charge in [-0.1, -0.05) is 17.6 Å². The van der Waals surface area contributed by atoms with Crippen LogP contribution in [-0.2, 0) is 21.4 Å². The van der Waals surface area contributed by atoms with Gasteiger partial charge in [-0.2, -0.15) is 52.7 Å². The largest absolute Gasteiger partial charge is 0.435 e. The molecule has 2 aromatic carbocycles. The minimum Gasteiger partial charge on any atom is -0.328 e. The van der Waals surface area contributed by atoms with Crippen LogP contribution >= 0.6 is 0 Å². The zero-order chi connectivity index (χ0) is 34.4. The molecule has 0 fully saturated rings. The zero-order valence-corrected chi connectivity index (χ0v) is 21.6. The molecule has 0 aliphatic heterocycles. The zero-order valence-electron chi connectivity index (χ0n) is 21.6. The molecule has 0 spiro atoms. The van der Waals surface area contributed by atoms with Gasteiger partial charge in [0.15, 0.2) is 5.82 Å². The number of halogens is 14. The summed E-state index contributed by atoms with van der Waals surface area (Å²) in [5.74, 6) is -7.23. The van der Waals surface area contributed by atoms with Gasteiger partial charge in [0, 0.05) is 25.3 Å². The maximum Gasteiger partial charge on any atom is 0.435 e. The number of benzene rings is 2. The van der Waals surface area contributed by atoms with E-state index in [0.29, 0.717) is 26.2 Å². The first-order chi connectivity index (χ1) is 19.6. The van der Waals surface area contributed by atoms with Crippen LogP contribution in [-0.4, -0.2) is 69.6 Å². The fourth-order valence-electron chi connectivity index (χ4n) is 3.61. The van der Waals surface area contributed by atoms with E-state index in [-0.39, 0.29) is 9.80 Å². The van der Waals surface area contributed by atoms with Gasteiger partial charge in [0.25, 0.3) is 5.91 Å². The van der Waals surface area contributed by atoms with Crippen LogP contribution in [0, 0.1) is 5.82 Å². The Balaban J connectivity index is 2.57. The highest BCUT2D eigenvalue weighted by molar-refractivity contribution is 6.40. The first-order valence-electron chi connectivity index (χ1n) is 11.2. The summed E-state index contributed by atoms with van der Waals surface area (Å²) in [6.45, 7) is -1.90. The standard InChI is InChI=1S/C23H14BF14N3O3/c1-40(8-19(26,27)28)17(43)18(44)41(2)13-5-3-4-10(14(13)25)16(42)39-15-11(21(30,31)32)6-9(7-12(15)24)20(29,22(33,34)35)23(36,37)38/h3-7H,8H2,1-2H3,(H,39,42). The SMILES string of the molecule is [B]c1cc(C(F)(C(F)(F)F)C(F)(F)F)cc(C(F)(F)F)c1NC(=O)c1cccc(N(C)C(=O)C(=O)N(C)CC(F)(F)F)c1F. The minimum atomic E-state index is -6.83. The van der Waals surface area contributed by atoms with Crippen LogP contribution in [0.4, 0.5) is 72.8 Å². The number of carbonyl (C=O) groups is 3. The second-order valence-corrected chi connectivity index (χ2v) is 8.87. The minimum absolute atomic E-state index is 0.0813. The van der Waals surface area contributed by atoms with Crippen LogP contribution in [0.1, 0.15) is 21.5 Å². The second kappa shape index (κ2) is 11.8. The summed E-state index contributed by atoms with van der Waals surface area (Å²) in [6.07, 6.45) is -24.5. The Labute approximate surface area is 238 Å². The second-order valence-electron chi connectivity index (χ2n) is 8.87. The number of anilines is 2. The number of nitrogens with zero attached hydrogens (tertiary/aromatic N) is 2. The molecule has 1 N–H and O–H groups in total. The molecule has 0 heterocycles. The molecule has 44 heavy (non-hydrogen) atoms. The number of amides is 3. The lowest BCUT2D eigenvalue weighted by molar-refractivity contribution is -0.348. The molecule has 21 heteroatoms. The van der Waals surface area contributed by atoms with Gasteiger partial charge in [0.1, 0.15) is 14.4 Å². The summed E-state index contributed by atoms with van der Waals surface area (Å²) >= 11 is 0. The van der Waals surface area contributed by atoms with Crippen molar-refractivity contribution in [3.05, 3.63) is 52.8 Å². The molecule has 2 aromatic rings. The third-order valence-electron chi connectivity index (χ3n) is 5.73. The Morgan fingerprint density at radius 1 is 0.818 bits per heavy atom. The highest BCUT2D eigenvalue weighted by atomic mass is 19.4. The molecule has 0 aliphatic carbocycles. The van der Waals surface area contributed by atoms with Crippen molar-refractivity contribution in [3.8, 4) is 0 Å². The van der Waals surface area contributed by atoms with Crippen molar-refractivity contribution >= 4 is 42.4 Å². The molecule has 0 saturated heterocycles. The number of hydrogen-bond acceptors (Lipinski definition) is 3. The van der Waals surface area contributed by atoms with E-state index >= 15 is 4.39 Å². The van der Waals surface area contributed by atoms with Crippen LogP contribution in [0.25, 0.3) is 0 Å². The molecule has 0 aromatic heterocycles. The highest BCUT2D eigenvalue weighted by Gasteiger charge is 2.73. The number of hydrogen-bond donors (Lipinski definition) is 1. The predicted octanol–water partition coefficient (Wildman–Crippen LogP) is 5.16. The lowest BCUT2D eigenvalue weighted by Gasteiger charge is -2.31. The topological polar surface area (TPSA) is 69.7 Å². The van der Waals surface area contributed by atoms with E-state index in [2.05, 4.69) is 0 Å². The summed E-state index contributed by atoms with van der Waals surface area (Å²) in [4.78, 5) is 37.1. The number of likely N-dealkylation sites (N-methyl/N-ethyl adjacent to an activating group) is 2. The van der Waals surface area contributed by atoms with Crippen molar-refractivity contribution in [2.45, 2.75) is 30.4 Å². The van der Waals surface area contributed by atoms with Gasteiger partial charge in [0.05, 0.1) is 16.8 Å². The van der Waals surface area contributed by atoms with E-state index < -0.39 is 106 Å². The molecule has 0 saturated carbocycles. The monoisotopic (exact) mass is 657 g/mol. The summed E-state index contributed by atoms with van der Waals surface area (Å²) in [6, 6.07) is 0.661. The smallest absolute Gasteiger partial charge is 0.328 e. The number of rotatable bonds is 5. The summed E-state index contributed by atoms with van der Waals surface area (Å²) < 4.78 is 187. The molecule has 3 amide bonds. The summed E-state index contributed by atoms with van der Waals surface area (Å²) in [7, 11) is 6.45. The third-order valence-corrected chi connectivity index (χ3v) is 5.73. The van der Waals surface area contributed by atoms with Gasteiger partial charge in [-0.3, -0.25) is 14.4 Å². The number of alkyl halides is 13. The van der Waals surface area contributed by atoms with Crippen LogP contribution in [0.2, 0.25) is 0 Å². The molecule has 0 atom stereocenters. The molecule has 0 unspecified atom stereocenters. The van der Waals surface area contributed by atoms with E-state index in [9.17, 15) is 71.5 Å².